The number of piperazine rings is 1. The summed E-state index contributed by atoms with van der Waals surface area (Å²) in [6.07, 6.45) is -2.51. The molecule has 3 rings (SSSR count). The van der Waals surface area contributed by atoms with Gasteiger partial charge in [0.05, 0.1) is 0 Å². The molecule has 1 fully saturated rings. The van der Waals surface area contributed by atoms with Crippen LogP contribution in [0.3, 0.4) is 0 Å². The van der Waals surface area contributed by atoms with Crippen LogP contribution in [0, 0.1) is 6.92 Å². The summed E-state index contributed by atoms with van der Waals surface area (Å²) in [6, 6.07) is 15.2. The van der Waals surface area contributed by atoms with Crippen molar-refractivity contribution >= 4 is 6.03 Å². The number of amides is 2. The van der Waals surface area contributed by atoms with Gasteiger partial charge in [0.1, 0.15) is 12.4 Å². The Kier molecular flexibility index (Phi) is 7.41. The van der Waals surface area contributed by atoms with Crippen molar-refractivity contribution in [2.45, 2.75) is 26.4 Å². The second-order valence-electron chi connectivity index (χ2n) is 7.26. The zero-order chi connectivity index (χ0) is 20.6. The normalized spacial score (nSPS) is 14.8. The van der Waals surface area contributed by atoms with E-state index in [1.54, 1.807) is 18.2 Å². The van der Waals surface area contributed by atoms with Gasteiger partial charge in [0.25, 0.3) is 6.43 Å². The Morgan fingerprint density at radius 3 is 2.52 bits per heavy atom. The van der Waals surface area contributed by atoms with E-state index in [-0.39, 0.29) is 6.03 Å². The van der Waals surface area contributed by atoms with Crippen LogP contribution >= 0.6 is 0 Å². The number of nitrogens with one attached hydrogen (secondary N) is 1. The number of carbonyl (C=O) groups is 1. The van der Waals surface area contributed by atoms with Crippen LogP contribution in [0.15, 0.2) is 48.5 Å². The van der Waals surface area contributed by atoms with Gasteiger partial charge in [0, 0.05) is 39.3 Å². The zero-order valence-corrected chi connectivity index (χ0v) is 16.6. The zero-order valence-electron chi connectivity index (χ0n) is 16.6. The van der Waals surface area contributed by atoms with Crippen LogP contribution in [-0.2, 0) is 13.1 Å². The van der Waals surface area contributed by atoms with E-state index < -0.39 is 13.0 Å². The van der Waals surface area contributed by atoms with Crippen molar-refractivity contribution in [3.05, 3.63) is 65.2 Å². The third kappa shape index (κ3) is 6.71. The Morgan fingerprint density at radius 1 is 1.07 bits per heavy atom. The lowest BCUT2D eigenvalue weighted by Crippen LogP contribution is -2.51. The van der Waals surface area contributed by atoms with E-state index in [4.69, 9.17) is 4.74 Å². The molecule has 2 aromatic rings. The Hall–Kier alpha value is -2.67. The van der Waals surface area contributed by atoms with Gasteiger partial charge in [-0.1, -0.05) is 42.0 Å². The van der Waals surface area contributed by atoms with Gasteiger partial charge >= 0.3 is 6.03 Å². The number of halogens is 2. The van der Waals surface area contributed by atoms with Crippen molar-refractivity contribution in [1.29, 1.82) is 0 Å². The first-order valence-electron chi connectivity index (χ1n) is 9.80. The highest BCUT2D eigenvalue weighted by Crippen LogP contribution is 2.15. The molecule has 1 N–H and O–H groups in total. The van der Waals surface area contributed by atoms with Crippen molar-refractivity contribution in [2.24, 2.45) is 0 Å². The number of urea groups is 1. The molecule has 0 atom stereocenters. The van der Waals surface area contributed by atoms with Crippen LogP contribution in [0.5, 0.6) is 5.75 Å². The van der Waals surface area contributed by atoms with E-state index in [0.717, 1.165) is 25.2 Å². The molecule has 0 radical (unpaired) electrons. The molecule has 1 aliphatic rings. The van der Waals surface area contributed by atoms with Crippen molar-refractivity contribution in [1.82, 2.24) is 15.1 Å². The third-order valence-corrected chi connectivity index (χ3v) is 4.87. The van der Waals surface area contributed by atoms with E-state index >= 15 is 0 Å². The summed E-state index contributed by atoms with van der Waals surface area (Å²) in [4.78, 5) is 16.6. The Labute approximate surface area is 170 Å². The minimum atomic E-state index is -2.51. The number of ether oxygens (including phenoxy) is 1. The maximum absolute atomic E-state index is 12.4. The van der Waals surface area contributed by atoms with Crippen LogP contribution in [0.25, 0.3) is 0 Å². The Bertz CT molecular complexity index is 808. The first kappa shape index (κ1) is 21.0. The Morgan fingerprint density at radius 2 is 1.79 bits per heavy atom. The molecular weight excluding hydrogens is 376 g/mol. The fourth-order valence-electron chi connectivity index (χ4n) is 3.37. The second-order valence-corrected chi connectivity index (χ2v) is 7.26. The molecule has 29 heavy (non-hydrogen) atoms. The van der Waals surface area contributed by atoms with E-state index in [1.807, 2.05) is 11.0 Å². The van der Waals surface area contributed by atoms with Gasteiger partial charge < -0.3 is 15.0 Å². The van der Waals surface area contributed by atoms with Crippen LogP contribution in [-0.4, -0.2) is 55.0 Å². The molecular formula is C22H27F2N3O2. The topological polar surface area (TPSA) is 44.8 Å². The lowest BCUT2D eigenvalue weighted by molar-refractivity contribution is 0.0818. The molecule has 0 spiro atoms. The molecule has 2 aromatic carbocycles. The molecule has 0 saturated carbocycles. The number of carbonyl (C=O) groups excluding carboxylic acids is 1. The number of hydrogen-bond acceptors (Lipinski definition) is 3. The molecule has 7 heteroatoms. The third-order valence-electron chi connectivity index (χ3n) is 4.87. The van der Waals surface area contributed by atoms with Crippen LogP contribution in [0.2, 0.25) is 0 Å². The highest BCUT2D eigenvalue weighted by atomic mass is 19.3. The maximum atomic E-state index is 12.4. The smallest absolute Gasteiger partial charge is 0.317 e. The monoisotopic (exact) mass is 403 g/mol. The highest BCUT2D eigenvalue weighted by Gasteiger charge is 2.21. The van der Waals surface area contributed by atoms with Gasteiger partial charge in [-0.15, -0.1) is 0 Å². The number of aryl methyl sites for hydroxylation is 1. The van der Waals surface area contributed by atoms with Crippen molar-refractivity contribution in [3.8, 4) is 5.75 Å². The van der Waals surface area contributed by atoms with Crippen molar-refractivity contribution < 1.29 is 18.3 Å². The number of alkyl halides is 2. The van der Waals surface area contributed by atoms with E-state index in [9.17, 15) is 13.6 Å². The molecule has 0 unspecified atom stereocenters. The summed E-state index contributed by atoms with van der Waals surface area (Å²) < 4.78 is 29.5. The Balaban J connectivity index is 1.42. The minimum absolute atomic E-state index is 0.112. The van der Waals surface area contributed by atoms with Gasteiger partial charge in [0.2, 0.25) is 0 Å². The predicted octanol–water partition coefficient (Wildman–Crippen LogP) is 3.67. The lowest BCUT2D eigenvalue weighted by Gasteiger charge is -2.34. The standard InChI is InChI=1S/C22H27F2N3O2/c1-17-4-2-6-19(12-17)15-26-8-10-27(11-9-26)22(28)25-14-18-5-3-7-20(13-18)29-16-21(23)24/h2-7,12-13,21H,8-11,14-16H2,1H3,(H,25,28). The van der Waals surface area contributed by atoms with Crippen LogP contribution < -0.4 is 10.1 Å². The summed E-state index contributed by atoms with van der Waals surface area (Å²) in [5.41, 5.74) is 3.35. The van der Waals surface area contributed by atoms with E-state index in [0.29, 0.717) is 25.4 Å². The van der Waals surface area contributed by atoms with Gasteiger partial charge in [-0.3, -0.25) is 4.90 Å². The quantitative estimate of drug-likeness (QED) is 0.767. The fourth-order valence-corrected chi connectivity index (χ4v) is 3.37. The largest absolute Gasteiger partial charge is 0.488 e. The lowest BCUT2D eigenvalue weighted by atomic mass is 10.1. The molecule has 0 aliphatic carbocycles. The number of hydrogen-bond donors (Lipinski definition) is 1. The summed E-state index contributed by atoms with van der Waals surface area (Å²) in [7, 11) is 0. The van der Waals surface area contributed by atoms with Crippen molar-refractivity contribution in [3.63, 3.8) is 0 Å². The molecule has 1 heterocycles. The fraction of sp³-hybridized carbons (Fsp3) is 0.409. The van der Waals surface area contributed by atoms with E-state index in [1.165, 1.54) is 11.1 Å². The van der Waals surface area contributed by atoms with Crippen LogP contribution in [0.4, 0.5) is 13.6 Å². The molecule has 1 aliphatic heterocycles. The van der Waals surface area contributed by atoms with Crippen LogP contribution in [0.1, 0.15) is 16.7 Å². The molecule has 0 bridgehead atoms. The molecule has 156 valence electrons. The summed E-state index contributed by atoms with van der Waals surface area (Å²) >= 11 is 0. The number of benzene rings is 2. The molecule has 0 aromatic heterocycles. The molecule has 2 amide bonds. The minimum Gasteiger partial charge on any atom is -0.488 e. The van der Waals surface area contributed by atoms with Gasteiger partial charge in [-0.05, 0) is 30.2 Å². The number of rotatable bonds is 7. The summed E-state index contributed by atoms with van der Waals surface area (Å²) in [5.74, 6) is 0.377. The first-order valence-corrected chi connectivity index (χ1v) is 9.80. The second kappa shape index (κ2) is 10.2. The molecule has 5 nitrogen and oxygen atoms in total. The van der Waals surface area contributed by atoms with Gasteiger partial charge in [-0.2, -0.15) is 0 Å². The first-order chi connectivity index (χ1) is 14.0. The predicted molar refractivity (Wildman–Crippen MR) is 108 cm³/mol. The van der Waals surface area contributed by atoms with Gasteiger partial charge in [-0.25, -0.2) is 13.6 Å². The SMILES string of the molecule is Cc1cccc(CN2CCN(C(=O)NCc3cccc(OCC(F)F)c3)CC2)c1. The maximum Gasteiger partial charge on any atom is 0.317 e. The average molecular weight is 403 g/mol. The van der Waals surface area contributed by atoms with Crippen molar-refractivity contribution in [2.75, 3.05) is 32.8 Å². The number of nitrogens with zero attached hydrogens (tertiary/aromatic N) is 2. The van der Waals surface area contributed by atoms with E-state index in [2.05, 4.69) is 41.4 Å². The van der Waals surface area contributed by atoms with Gasteiger partial charge in [0.15, 0.2) is 0 Å². The summed E-state index contributed by atoms with van der Waals surface area (Å²) in [5, 5.41) is 2.90. The summed E-state index contributed by atoms with van der Waals surface area (Å²) in [6.45, 7) is 5.69. The average Bonchev–Trinajstić information content (AvgIpc) is 2.71. The molecule has 1 saturated heterocycles. The highest BCUT2D eigenvalue weighted by molar-refractivity contribution is 5.74.